The second-order valence-electron chi connectivity index (χ2n) is 5.31. The van der Waals surface area contributed by atoms with E-state index in [-0.39, 0.29) is 22.9 Å². The lowest BCUT2D eigenvalue weighted by atomic mass is 9.97. The summed E-state index contributed by atoms with van der Waals surface area (Å²) in [7, 11) is 1.39. The monoisotopic (exact) mass is 253 g/mol. The number of oxime groups is 1. The van der Waals surface area contributed by atoms with Crippen molar-refractivity contribution in [1.82, 2.24) is 10.2 Å². The quantitative estimate of drug-likeness (QED) is 0.467. The molecule has 0 aliphatic rings. The second kappa shape index (κ2) is 5.29. The average Bonchev–Trinajstić information content (AvgIpc) is 2.73. The number of hydrogen-bond acceptors (Lipinski definition) is 6. The summed E-state index contributed by atoms with van der Waals surface area (Å²) in [6, 6.07) is 0. The first-order chi connectivity index (χ1) is 8.27. The first kappa shape index (κ1) is 14.3. The molecule has 0 saturated heterocycles. The lowest BCUT2D eigenvalue weighted by Crippen LogP contribution is -2.21. The summed E-state index contributed by atoms with van der Waals surface area (Å²) in [6.07, 6.45) is 0. The minimum atomic E-state index is -0.394. The first-order valence-electron chi connectivity index (χ1n) is 5.77. The first-order valence-corrected chi connectivity index (χ1v) is 5.77. The van der Waals surface area contributed by atoms with Gasteiger partial charge in [-0.1, -0.05) is 39.8 Å². The van der Waals surface area contributed by atoms with Gasteiger partial charge in [0, 0.05) is 11.3 Å². The number of nitrogens with zero attached hydrogens (tertiary/aromatic N) is 3. The predicted molar refractivity (Wildman–Crippen MR) is 66.6 cm³/mol. The van der Waals surface area contributed by atoms with Gasteiger partial charge in [-0.2, -0.15) is 0 Å². The number of Topliss-reactive ketones (excluding diaryl/α,β-unsaturated/α-hetero) is 1. The van der Waals surface area contributed by atoms with Crippen LogP contribution in [0.1, 0.15) is 51.2 Å². The second-order valence-corrected chi connectivity index (χ2v) is 5.31. The molecule has 6 nitrogen and oxygen atoms in total. The molecule has 1 aromatic rings. The Morgan fingerprint density at radius 1 is 1.33 bits per heavy atom. The van der Waals surface area contributed by atoms with Crippen molar-refractivity contribution in [1.29, 1.82) is 0 Å². The van der Waals surface area contributed by atoms with Crippen LogP contribution < -0.4 is 0 Å². The minimum absolute atomic E-state index is 0.0515. The molecular formula is C12H19N3O3. The van der Waals surface area contributed by atoms with Crippen molar-refractivity contribution in [3.05, 3.63) is 11.8 Å². The van der Waals surface area contributed by atoms with Crippen molar-refractivity contribution in [3.8, 4) is 0 Å². The van der Waals surface area contributed by atoms with E-state index in [0.717, 1.165) is 0 Å². The third-order valence-electron chi connectivity index (χ3n) is 2.23. The Bertz CT molecular complexity index is 455. The van der Waals surface area contributed by atoms with E-state index in [9.17, 15) is 4.79 Å². The topological polar surface area (TPSA) is 77.6 Å². The molecule has 0 fully saturated rings. The smallest absolute Gasteiger partial charge is 0.290 e. The third kappa shape index (κ3) is 3.15. The molecule has 0 aliphatic carbocycles. The highest BCUT2D eigenvalue weighted by Crippen LogP contribution is 2.20. The van der Waals surface area contributed by atoms with E-state index < -0.39 is 5.78 Å². The Labute approximate surface area is 106 Å². The molecule has 0 saturated carbocycles. The molecule has 0 N–H and O–H groups in total. The minimum Gasteiger partial charge on any atom is -0.417 e. The van der Waals surface area contributed by atoms with Gasteiger partial charge in [0.1, 0.15) is 12.8 Å². The number of hydrogen-bond donors (Lipinski definition) is 0. The molecule has 0 radical (unpaired) electrons. The van der Waals surface area contributed by atoms with Crippen molar-refractivity contribution >= 4 is 11.5 Å². The van der Waals surface area contributed by atoms with Crippen LogP contribution in [0.5, 0.6) is 0 Å². The molecule has 0 aliphatic heterocycles. The van der Waals surface area contributed by atoms with Gasteiger partial charge in [-0.15, -0.1) is 10.2 Å². The van der Waals surface area contributed by atoms with Gasteiger partial charge in [0.25, 0.3) is 11.7 Å². The maximum Gasteiger partial charge on any atom is 0.290 e. The highest BCUT2D eigenvalue weighted by Gasteiger charge is 2.27. The van der Waals surface area contributed by atoms with Gasteiger partial charge in [0.05, 0.1) is 0 Å². The Morgan fingerprint density at radius 2 is 1.94 bits per heavy atom. The molecule has 0 atom stereocenters. The van der Waals surface area contributed by atoms with Crippen LogP contribution in [0.4, 0.5) is 0 Å². The molecule has 1 heterocycles. The molecular weight excluding hydrogens is 234 g/mol. The molecule has 100 valence electrons. The summed E-state index contributed by atoms with van der Waals surface area (Å²) in [5.41, 5.74) is -0.0244. The van der Waals surface area contributed by atoms with Crippen molar-refractivity contribution in [2.24, 2.45) is 11.1 Å². The van der Waals surface area contributed by atoms with Gasteiger partial charge in [-0.05, 0) is 0 Å². The summed E-state index contributed by atoms with van der Waals surface area (Å²) >= 11 is 0. The van der Waals surface area contributed by atoms with Crippen LogP contribution in [0, 0.1) is 5.92 Å². The third-order valence-corrected chi connectivity index (χ3v) is 2.23. The maximum absolute atomic E-state index is 12.1. The Morgan fingerprint density at radius 3 is 2.33 bits per heavy atom. The van der Waals surface area contributed by atoms with Crippen LogP contribution in [-0.2, 0) is 10.3 Å². The van der Waals surface area contributed by atoms with Gasteiger partial charge in [-0.3, -0.25) is 4.79 Å². The van der Waals surface area contributed by atoms with Crippen molar-refractivity contribution in [2.75, 3.05) is 7.11 Å². The van der Waals surface area contributed by atoms with Crippen LogP contribution in [0.15, 0.2) is 9.57 Å². The summed E-state index contributed by atoms with van der Waals surface area (Å²) in [5.74, 6) is -0.104. The van der Waals surface area contributed by atoms with E-state index in [1.54, 1.807) is 0 Å². The molecule has 0 unspecified atom stereocenters. The number of carbonyl (C=O) groups excluding carboxylic acids is 1. The highest BCUT2D eigenvalue weighted by molar-refractivity contribution is 6.45. The van der Waals surface area contributed by atoms with Crippen molar-refractivity contribution in [3.63, 3.8) is 0 Å². The van der Waals surface area contributed by atoms with Gasteiger partial charge in [0.15, 0.2) is 0 Å². The summed E-state index contributed by atoms with van der Waals surface area (Å²) in [4.78, 5) is 16.8. The SMILES string of the molecule is CO/N=C(\C(=O)c1nnc(C(C)(C)C)o1)C(C)C. The van der Waals surface area contributed by atoms with Crippen LogP contribution in [0.2, 0.25) is 0 Å². The maximum atomic E-state index is 12.1. The van der Waals surface area contributed by atoms with E-state index >= 15 is 0 Å². The van der Waals surface area contributed by atoms with E-state index in [2.05, 4.69) is 20.2 Å². The Kier molecular flexibility index (Phi) is 4.21. The number of rotatable bonds is 4. The highest BCUT2D eigenvalue weighted by atomic mass is 16.6. The molecule has 0 bridgehead atoms. The number of ketones is 1. The van der Waals surface area contributed by atoms with Crippen LogP contribution in [0.3, 0.4) is 0 Å². The zero-order valence-electron chi connectivity index (χ0n) is 11.6. The molecule has 1 rings (SSSR count). The van der Waals surface area contributed by atoms with Gasteiger partial charge in [-0.25, -0.2) is 0 Å². The van der Waals surface area contributed by atoms with Gasteiger partial charge < -0.3 is 9.25 Å². The van der Waals surface area contributed by atoms with E-state index in [1.165, 1.54) is 7.11 Å². The molecule has 0 spiro atoms. The van der Waals surface area contributed by atoms with Crippen LogP contribution in [-0.4, -0.2) is 28.8 Å². The lowest BCUT2D eigenvalue weighted by Gasteiger charge is -2.11. The van der Waals surface area contributed by atoms with E-state index in [0.29, 0.717) is 5.89 Å². The molecule has 0 aromatic carbocycles. The van der Waals surface area contributed by atoms with Gasteiger partial charge >= 0.3 is 0 Å². The molecule has 6 heteroatoms. The standard InChI is InChI=1S/C12H19N3O3/c1-7(2)8(15-17-6)9(16)10-13-14-11(18-10)12(3,4)5/h7H,1-6H3/b15-8-. The molecule has 0 amide bonds. The average molecular weight is 253 g/mol. The van der Waals surface area contributed by atoms with Crippen LogP contribution in [0.25, 0.3) is 0 Å². The number of aromatic nitrogens is 2. The number of carbonyl (C=O) groups is 1. The normalized spacial score (nSPS) is 12.9. The van der Waals surface area contributed by atoms with Crippen molar-refractivity contribution in [2.45, 2.75) is 40.0 Å². The fourth-order valence-corrected chi connectivity index (χ4v) is 1.24. The summed E-state index contributed by atoms with van der Waals surface area (Å²) < 4.78 is 5.38. The summed E-state index contributed by atoms with van der Waals surface area (Å²) in [5, 5.41) is 11.4. The fraction of sp³-hybridized carbons (Fsp3) is 0.667. The van der Waals surface area contributed by atoms with Crippen LogP contribution >= 0.6 is 0 Å². The Balaban J connectivity index is 3.04. The zero-order valence-corrected chi connectivity index (χ0v) is 11.6. The van der Waals surface area contributed by atoms with E-state index in [1.807, 2.05) is 34.6 Å². The predicted octanol–water partition coefficient (Wildman–Crippen LogP) is 2.21. The van der Waals surface area contributed by atoms with Gasteiger partial charge in [0.2, 0.25) is 5.89 Å². The Hall–Kier alpha value is -1.72. The van der Waals surface area contributed by atoms with Crippen molar-refractivity contribution < 1.29 is 14.0 Å². The van der Waals surface area contributed by atoms with E-state index in [4.69, 9.17) is 4.42 Å². The zero-order chi connectivity index (χ0) is 13.9. The summed E-state index contributed by atoms with van der Waals surface area (Å²) in [6.45, 7) is 9.48. The molecule has 18 heavy (non-hydrogen) atoms. The largest absolute Gasteiger partial charge is 0.417 e. The fourth-order valence-electron chi connectivity index (χ4n) is 1.24. The molecule has 1 aromatic heterocycles. The lowest BCUT2D eigenvalue weighted by molar-refractivity contribution is 0.101.